The van der Waals surface area contributed by atoms with Crippen molar-refractivity contribution >= 4 is 22.0 Å². The van der Waals surface area contributed by atoms with Crippen molar-refractivity contribution in [3.05, 3.63) is 50.9 Å². The van der Waals surface area contributed by atoms with Crippen LogP contribution in [0.3, 0.4) is 0 Å². The Bertz CT molecular complexity index is 595. The number of hydrogen-bond acceptors (Lipinski definition) is 5. The van der Waals surface area contributed by atoms with Gasteiger partial charge in [0.25, 0.3) is 0 Å². The van der Waals surface area contributed by atoms with Crippen molar-refractivity contribution in [2.24, 2.45) is 0 Å². The van der Waals surface area contributed by atoms with Crippen molar-refractivity contribution in [3.63, 3.8) is 0 Å². The largest absolute Gasteiger partial charge is 0.495 e. The second-order valence-corrected chi connectivity index (χ2v) is 5.00. The molecule has 0 radical (unpaired) electrons. The molecule has 0 spiro atoms. The molecule has 0 saturated carbocycles. The monoisotopic (exact) mass is 278 g/mol. The molecule has 0 unspecified atom stereocenters. The number of nitro groups is 1. The number of benzene rings is 1. The molecule has 1 N–H and O–H groups in total. The van der Waals surface area contributed by atoms with Gasteiger partial charge in [-0.2, -0.15) is 0 Å². The predicted octanol–water partition coefficient (Wildman–Crippen LogP) is 3.59. The van der Waals surface area contributed by atoms with Gasteiger partial charge >= 0.3 is 5.00 Å². The van der Waals surface area contributed by atoms with Crippen molar-refractivity contribution in [2.75, 3.05) is 12.4 Å². The summed E-state index contributed by atoms with van der Waals surface area (Å²) in [5, 5.41) is 15.8. The Morgan fingerprint density at radius 2 is 2.21 bits per heavy atom. The van der Waals surface area contributed by atoms with E-state index < -0.39 is 0 Å². The maximum atomic E-state index is 10.6. The summed E-state index contributed by atoms with van der Waals surface area (Å²) < 4.78 is 5.29. The van der Waals surface area contributed by atoms with E-state index in [2.05, 4.69) is 5.32 Å². The highest BCUT2D eigenvalue weighted by molar-refractivity contribution is 7.13. The van der Waals surface area contributed by atoms with Crippen LogP contribution >= 0.6 is 11.3 Å². The van der Waals surface area contributed by atoms with Gasteiger partial charge in [-0.15, -0.1) is 0 Å². The number of anilines is 1. The second kappa shape index (κ2) is 5.71. The number of rotatable bonds is 5. The molecule has 0 aliphatic rings. The van der Waals surface area contributed by atoms with Crippen LogP contribution in [0.25, 0.3) is 0 Å². The van der Waals surface area contributed by atoms with Gasteiger partial charge in [-0.3, -0.25) is 10.1 Å². The maximum absolute atomic E-state index is 10.6. The number of nitrogens with one attached hydrogen (secondary N) is 1. The third kappa shape index (κ3) is 3.23. The van der Waals surface area contributed by atoms with Gasteiger partial charge in [0.1, 0.15) is 5.75 Å². The molecular weight excluding hydrogens is 264 g/mol. The highest BCUT2D eigenvalue weighted by Gasteiger charge is 2.10. The summed E-state index contributed by atoms with van der Waals surface area (Å²) in [4.78, 5) is 10.2. The van der Waals surface area contributed by atoms with Gasteiger partial charge < -0.3 is 10.1 Å². The number of thiophene rings is 1. The lowest BCUT2D eigenvalue weighted by molar-refractivity contribution is -0.380. The van der Waals surface area contributed by atoms with E-state index in [1.54, 1.807) is 18.6 Å². The first-order chi connectivity index (χ1) is 9.10. The van der Waals surface area contributed by atoms with Gasteiger partial charge in [-0.1, -0.05) is 17.4 Å². The van der Waals surface area contributed by atoms with Gasteiger partial charge in [-0.05, 0) is 30.2 Å². The lowest BCUT2D eigenvalue weighted by Crippen LogP contribution is -2.00. The minimum atomic E-state index is -0.374. The van der Waals surface area contributed by atoms with Gasteiger partial charge in [0.05, 0.1) is 17.7 Å². The summed E-state index contributed by atoms with van der Waals surface area (Å²) >= 11 is 1.13. The first kappa shape index (κ1) is 13.4. The van der Waals surface area contributed by atoms with Crippen molar-refractivity contribution in [2.45, 2.75) is 13.5 Å². The molecule has 0 atom stereocenters. The maximum Gasteiger partial charge on any atom is 0.324 e. The van der Waals surface area contributed by atoms with E-state index in [0.717, 1.165) is 33.9 Å². The normalized spacial score (nSPS) is 10.2. The summed E-state index contributed by atoms with van der Waals surface area (Å²) in [5.74, 6) is 0.768. The van der Waals surface area contributed by atoms with Crippen LogP contribution in [0.1, 0.15) is 11.1 Å². The zero-order valence-electron chi connectivity index (χ0n) is 10.7. The van der Waals surface area contributed by atoms with Crippen molar-refractivity contribution in [3.8, 4) is 5.75 Å². The summed E-state index contributed by atoms with van der Waals surface area (Å²) in [5.41, 5.74) is 2.88. The minimum absolute atomic E-state index is 0.160. The Balaban J connectivity index is 2.07. The number of methoxy groups -OCH3 is 1. The fraction of sp³-hybridized carbons (Fsp3) is 0.231. The first-order valence-corrected chi connectivity index (χ1v) is 6.58. The van der Waals surface area contributed by atoms with Crippen LogP contribution in [0.5, 0.6) is 5.75 Å². The molecule has 2 rings (SSSR count). The smallest absolute Gasteiger partial charge is 0.324 e. The van der Waals surface area contributed by atoms with Crippen LogP contribution < -0.4 is 10.1 Å². The molecule has 0 fully saturated rings. The van der Waals surface area contributed by atoms with Gasteiger partial charge in [-0.25, -0.2) is 0 Å². The number of aryl methyl sites for hydroxylation is 1. The minimum Gasteiger partial charge on any atom is -0.495 e. The molecule has 19 heavy (non-hydrogen) atoms. The molecule has 0 aliphatic heterocycles. The van der Waals surface area contributed by atoms with Crippen LogP contribution in [0.15, 0.2) is 29.6 Å². The molecule has 0 aliphatic carbocycles. The molecular formula is C13H14N2O3S. The van der Waals surface area contributed by atoms with Crippen LogP contribution in [0, 0.1) is 17.0 Å². The van der Waals surface area contributed by atoms with E-state index in [-0.39, 0.29) is 9.92 Å². The van der Waals surface area contributed by atoms with Crippen LogP contribution in [-0.2, 0) is 6.54 Å². The fourth-order valence-corrected chi connectivity index (χ4v) is 2.42. The number of hydrogen-bond donors (Lipinski definition) is 1. The molecule has 0 amide bonds. The molecule has 2 aromatic rings. The average Bonchev–Trinajstić information content (AvgIpc) is 2.86. The average molecular weight is 278 g/mol. The molecule has 0 saturated heterocycles. The number of nitrogens with zero attached hydrogens (tertiary/aromatic N) is 1. The summed E-state index contributed by atoms with van der Waals surface area (Å²) in [6.07, 6.45) is 0. The SMILES string of the molecule is COc1cc(C)ccc1NCc1csc([N+](=O)[O-])c1. The Hall–Kier alpha value is -2.08. The van der Waals surface area contributed by atoms with Crippen LogP contribution in [0.2, 0.25) is 0 Å². The van der Waals surface area contributed by atoms with Crippen LogP contribution in [-0.4, -0.2) is 12.0 Å². The van der Waals surface area contributed by atoms with E-state index in [1.165, 1.54) is 0 Å². The zero-order valence-corrected chi connectivity index (χ0v) is 11.5. The van der Waals surface area contributed by atoms with E-state index in [4.69, 9.17) is 4.74 Å². The topological polar surface area (TPSA) is 64.4 Å². The predicted molar refractivity (Wildman–Crippen MR) is 76.0 cm³/mol. The quantitative estimate of drug-likeness (QED) is 0.670. The molecule has 1 aromatic carbocycles. The van der Waals surface area contributed by atoms with E-state index in [0.29, 0.717) is 6.54 Å². The Labute approximate surface area is 115 Å². The molecule has 0 bridgehead atoms. The summed E-state index contributed by atoms with van der Waals surface area (Å²) in [6.45, 7) is 2.53. The molecule has 1 heterocycles. The highest BCUT2D eigenvalue weighted by atomic mass is 32.1. The standard InChI is InChI=1S/C13H14N2O3S/c1-9-3-4-11(12(5-9)18-2)14-7-10-6-13(15(16)17)19-8-10/h3-6,8,14H,7H2,1-2H3. The highest BCUT2D eigenvalue weighted by Crippen LogP contribution is 2.27. The first-order valence-electron chi connectivity index (χ1n) is 5.70. The third-order valence-corrected chi connectivity index (χ3v) is 3.59. The lowest BCUT2D eigenvalue weighted by atomic mass is 10.2. The van der Waals surface area contributed by atoms with E-state index >= 15 is 0 Å². The van der Waals surface area contributed by atoms with Gasteiger partial charge in [0.2, 0.25) is 0 Å². The summed E-state index contributed by atoms with van der Waals surface area (Å²) in [6, 6.07) is 7.45. The lowest BCUT2D eigenvalue weighted by Gasteiger charge is -2.11. The molecule has 1 aromatic heterocycles. The zero-order chi connectivity index (χ0) is 13.8. The van der Waals surface area contributed by atoms with Crippen molar-refractivity contribution < 1.29 is 9.66 Å². The summed E-state index contributed by atoms with van der Waals surface area (Å²) in [7, 11) is 1.62. The fourth-order valence-electron chi connectivity index (χ4n) is 1.69. The second-order valence-electron chi connectivity index (χ2n) is 4.11. The van der Waals surface area contributed by atoms with Gasteiger partial charge in [0, 0.05) is 18.0 Å². The Morgan fingerprint density at radius 3 is 2.84 bits per heavy atom. The van der Waals surface area contributed by atoms with Crippen molar-refractivity contribution in [1.82, 2.24) is 0 Å². The van der Waals surface area contributed by atoms with E-state index in [9.17, 15) is 10.1 Å². The van der Waals surface area contributed by atoms with Crippen molar-refractivity contribution in [1.29, 1.82) is 0 Å². The molecule has 100 valence electrons. The van der Waals surface area contributed by atoms with Crippen LogP contribution in [0.4, 0.5) is 10.7 Å². The van der Waals surface area contributed by atoms with Gasteiger partial charge in [0.15, 0.2) is 0 Å². The molecule has 5 nitrogen and oxygen atoms in total. The van der Waals surface area contributed by atoms with E-state index in [1.807, 2.05) is 25.1 Å². The third-order valence-electron chi connectivity index (χ3n) is 2.66. The Kier molecular flexibility index (Phi) is 4.01. The molecule has 6 heteroatoms. The number of ether oxygens (including phenoxy) is 1. The Morgan fingerprint density at radius 1 is 1.42 bits per heavy atom.